The molecule has 1 fully saturated rings. The highest BCUT2D eigenvalue weighted by molar-refractivity contribution is 5.40. The molecule has 0 aromatic carbocycles. The first kappa shape index (κ1) is 14.1. The molecule has 0 aliphatic carbocycles. The molecule has 1 unspecified atom stereocenters. The predicted molar refractivity (Wildman–Crippen MR) is 76.7 cm³/mol. The molecule has 1 aromatic rings. The molecule has 1 saturated heterocycles. The van der Waals surface area contributed by atoms with Gasteiger partial charge >= 0.3 is 0 Å². The van der Waals surface area contributed by atoms with Crippen LogP contribution in [0.5, 0.6) is 5.88 Å². The van der Waals surface area contributed by atoms with E-state index < -0.39 is 0 Å². The van der Waals surface area contributed by atoms with Gasteiger partial charge in [0.2, 0.25) is 5.88 Å². The van der Waals surface area contributed by atoms with Gasteiger partial charge in [0.15, 0.2) is 5.82 Å². The van der Waals surface area contributed by atoms with Crippen LogP contribution in [0.1, 0.15) is 33.6 Å². The van der Waals surface area contributed by atoms with Gasteiger partial charge in [-0.1, -0.05) is 13.8 Å². The molecule has 0 bridgehead atoms. The zero-order chi connectivity index (χ0) is 13.7. The monoisotopic (exact) mass is 264 g/mol. The van der Waals surface area contributed by atoms with Crippen molar-refractivity contribution in [1.82, 2.24) is 15.3 Å². The van der Waals surface area contributed by atoms with Crippen LogP contribution in [-0.4, -0.2) is 41.7 Å². The van der Waals surface area contributed by atoms with Crippen molar-refractivity contribution in [3.05, 3.63) is 12.4 Å². The minimum absolute atomic E-state index is 0.508. The second-order valence-corrected chi connectivity index (χ2v) is 5.20. The summed E-state index contributed by atoms with van der Waals surface area (Å²) in [5.41, 5.74) is 0. The van der Waals surface area contributed by atoms with Gasteiger partial charge in [-0.05, 0) is 19.8 Å². The van der Waals surface area contributed by atoms with Crippen LogP contribution in [0.3, 0.4) is 0 Å². The van der Waals surface area contributed by atoms with Crippen LogP contribution >= 0.6 is 0 Å². The van der Waals surface area contributed by atoms with E-state index in [1.165, 1.54) is 12.8 Å². The number of ether oxygens (including phenoxy) is 1. The van der Waals surface area contributed by atoms with Crippen molar-refractivity contribution in [2.75, 3.05) is 24.6 Å². The third kappa shape index (κ3) is 3.80. The van der Waals surface area contributed by atoms with Crippen molar-refractivity contribution in [2.45, 2.75) is 45.7 Å². The summed E-state index contributed by atoms with van der Waals surface area (Å²) in [6.45, 7) is 8.98. The third-order valence-electron chi connectivity index (χ3n) is 3.33. The molecule has 0 spiro atoms. The Morgan fingerprint density at radius 1 is 1.47 bits per heavy atom. The van der Waals surface area contributed by atoms with Crippen LogP contribution in [0, 0.1) is 0 Å². The van der Waals surface area contributed by atoms with Crippen LogP contribution in [-0.2, 0) is 0 Å². The number of hydrogen-bond acceptors (Lipinski definition) is 5. The third-order valence-corrected chi connectivity index (χ3v) is 3.33. The van der Waals surface area contributed by atoms with Gasteiger partial charge in [0, 0.05) is 25.2 Å². The van der Waals surface area contributed by atoms with Crippen LogP contribution in [0.4, 0.5) is 5.82 Å². The van der Waals surface area contributed by atoms with E-state index in [1.54, 1.807) is 6.20 Å². The van der Waals surface area contributed by atoms with Gasteiger partial charge in [-0.15, -0.1) is 0 Å². The van der Waals surface area contributed by atoms with E-state index in [9.17, 15) is 0 Å². The van der Waals surface area contributed by atoms with Crippen LogP contribution in [0.15, 0.2) is 12.4 Å². The van der Waals surface area contributed by atoms with Gasteiger partial charge in [-0.25, -0.2) is 0 Å². The van der Waals surface area contributed by atoms with E-state index in [-0.39, 0.29) is 0 Å². The molecule has 1 aliphatic rings. The summed E-state index contributed by atoms with van der Waals surface area (Å²) in [7, 11) is 0. The Morgan fingerprint density at radius 2 is 2.32 bits per heavy atom. The molecule has 5 heteroatoms. The Kier molecular flexibility index (Phi) is 4.96. The van der Waals surface area contributed by atoms with E-state index in [1.807, 2.05) is 13.1 Å². The van der Waals surface area contributed by atoms with Crippen molar-refractivity contribution < 1.29 is 4.74 Å². The molecule has 1 atom stereocenters. The molecule has 1 aliphatic heterocycles. The first-order valence-electron chi connectivity index (χ1n) is 7.15. The normalized spacial score (nSPS) is 19.2. The lowest BCUT2D eigenvalue weighted by atomic mass is 10.2. The molecule has 1 aromatic heterocycles. The lowest BCUT2D eigenvalue weighted by Gasteiger charge is -2.26. The van der Waals surface area contributed by atoms with Gasteiger partial charge in [-0.3, -0.25) is 4.98 Å². The molecule has 106 valence electrons. The van der Waals surface area contributed by atoms with Crippen molar-refractivity contribution in [1.29, 1.82) is 0 Å². The fourth-order valence-electron chi connectivity index (χ4n) is 2.42. The Hall–Kier alpha value is -1.36. The van der Waals surface area contributed by atoms with Crippen molar-refractivity contribution in [3.8, 4) is 5.88 Å². The first-order chi connectivity index (χ1) is 9.20. The Labute approximate surface area is 115 Å². The van der Waals surface area contributed by atoms with E-state index in [0.717, 1.165) is 18.9 Å². The molecule has 2 rings (SSSR count). The average molecular weight is 264 g/mol. The molecule has 0 saturated carbocycles. The second-order valence-electron chi connectivity index (χ2n) is 5.20. The highest BCUT2D eigenvalue weighted by Gasteiger charge is 2.26. The van der Waals surface area contributed by atoms with Crippen molar-refractivity contribution in [3.63, 3.8) is 0 Å². The van der Waals surface area contributed by atoms with Gasteiger partial charge in [0.1, 0.15) is 0 Å². The molecular weight excluding hydrogens is 240 g/mol. The summed E-state index contributed by atoms with van der Waals surface area (Å²) in [6, 6.07) is 1.02. The molecule has 5 nitrogen and oxygen atoms in total. The maximum Gasteiger partial charge on any atom is 0.234 e. The number of nitrogens with one attached hydrogen (secondary N) is 1. The quantitative estimate of drug-likeness (QED) is 0.849. The molecule has 0 radical (unpaired) electrons. The van der Waals surface area contributed by atoms with Gasteiger partial charge < -0.3 is 15.0 Å². The van der Waals surface area contributed by atoms with Gasteiger partial charge in [0.05, 0.1) is 19.0 Å². The maximum absolute atomic E-state index is 5.42. The first-order valence-corrected chi connectivity index (χ1v) is 7.15. The van der Waals surface area contributed by atoms with Crippen LogP contribution < -0.4 is 15.0 Å². The zero-order valence-electron chi connectivity index (χ0n) is 12.1. The van der Waals surface area contributed by atoms with Gasteiger partial charge in [-0.2, -0.15) is 4.98 Å². The number of anilines is 1. The summed E-state index contributed by atoms with van der Waals surface area (Å²) in [4.78, 5) is 11.1. The standard InChI is InChI=1S/C14H24N4O/c1-4-19-14-10-15-9-13(17-14)18-7-5-6-12(18)8-16-11(2)3/h9-12,16H,4-8H2,1-3H3. The second kappa shape index (κ2) is 6.70. The summed E-state index contributed by atoms with van der Waals surface area (Å²) in [5.74, 6) is 1.54. The lowest BCUT2D eigenvalue weighted by Crippen LogP contribution is -2.40. The highest BCUT2D eigenvalue weighted by atomic mass is 16.5. The highest BCUT2D eigenvalue weighted by Crippen LogP contribution is 2.24. The number of nitrogens with zero attached hydrogens (tertiary/aromatic N) is 3. The average Bonchev–Trinajstić information content (AvgIpc) is 2.85. The number of rotatable bonds is 6. The Bertz CT molecular complexity index is 397. The van der Waals surface area contributed by atoms with E-state index >= 15 is 0 Å². The van der Waals surface area contributed by atoms with Crippen molar-refractivity contribution >= 4 is 5.82 Å². The minimum Gasteiger partial charge on any atom is -0.477 e. The number of aromatic nitrogens is 2. The number of hydrogen-bond donors (Lipinski definition) is 1. The molecule has 19 heavy (non-hydrogen) atoms. The Morgan fingerprint density at radius 3 is 3.05 bits per heavy atom. The molecule has 2 heterocycles. The molecular formula is C14H24N4O. The van der Waals surface area contributed by atoms with E-state index in [0.29, 0.717) is 24.6 Å². The SMILES string of the molecule is CCOc1cncc(N2CCCC2CNC(C)C)n1. The summed E-state index contributed by atoms with van der Waals surface area (Å²) in [6.07, 6.45) is 5.92. The minimum atomic E-state index is 0.508. The van der Waals surface area contributed by atoms with Gasteiger partial charge in [0.25, 0.3) is 0 Å². The summed E-state index contributed by atoms with van der Waals surface area (Å²) < 4.78 is 5.42. The fourth-order valence-corrected chi connectivity index (χ4v) is 2.42. The fraction of sp³-hybridized carbons (Fsp3) is 0.714. The smallest absolute Gasteiger partial charge is 0.234 e. The topological polar surface area (TPSA) is 50.3 Å². The predicted octanol–water partition coefficient (Wildman–Crippen LogP) is 1.84. The van der Waals surface area contributed by atoms with Crippen LogP contribution in [0.25, 0.3) is 0 Å². The zero-order valence-corrected chi connectivity index (χ0v) is 12.1. The van der Waals surface area contributed by atoms with Crippen LogP contribution in [0.2, 0.25) is 0 Å². The molecule has 1 N–H and O–H groups in total. The van der Waals surface area contributed by atoms with E-state index in [2.05, 4.69) is 34.0 Å². The lowest BCUT2D eigenvalue weighted by molar-refractivity contribution is 0.325. The summed E-state index contributed by atoms with van der Waals surface area (Å²) in [5, 5.41) is 3.51. The van der Waals surface area contributed by atoms with Crippen molar-refractivity contribution in [2.24, 2.45) is 0 Å². The molecule has 0 amide bonds. The van der Waals surface area contributed by atoms with E-state index in [4.69, 9.17) is 4.74 Å². The Balaban J connectivity index is 2.04. The maximum atomic E-state index is 5.42. The summed E-state index contributed by atoms with van der Waals surface area (Å²) >= 11 is 0. The largest absolute Gasteiger partial charge is 0.477 e.